The predicted octanol–water partition coefficient (Wildman–Crippen LogP) is 7.54. The van der Waals surface area contributed by atoms with Gasteiger partial charge in [0, 0.05) is 58.6 Å². The van der Waals surface area contributed by atoms with Crippen molar-refractivity contribution in [1.29, 1.82) is 0 Å². The Morgan fingerprint density at radius 2 is 1.84 bits per heavy atom. The van der Waals surface area contributed by atoms with E-state index in [-0.39, 0.29) is 40.4 Å². The third-order valence-electron chi connectivity index (χ3n) is 10.1. The number of hydrogen-bond acceptors (Lipinski definition) is 8. The van der Waals surface area contributed by atoms with E-state index in [1.54, 1.807) is 23.7 Å². The number of aromatic nitrogens is 3. The highest BCUT2D eigenvalue weighted by Gasteiger charge is 2.42. The van der Waals surface area contributed by atoms with Crippen LogP contribution in [0.2, 0.25) is 5.02 Å². The fourth-order valence-electron chi connectivity index (χ4n) is 7.27. The smallest absolute Gasteiger partial charge is 0.333 e. The van der Waals surface area contributed by atoms with Crippen molar-refractivity contribution in [2.24, 2.45) is 10.9 Å². The molecular weight excluding hydrogens is 709 g/mol. The summed E-state index contributed by atoms with van der Waals surface area (Å²) < 4.78 is 72.4. The number of benzene rings is 2. The van der Waals surface area contributed by atoms with Crippen molar-refractivity contribution in [1.82, 2.24) is 24.4 Å². The van der Waals surface area contributed by atoms with E-state index in [4.69, 9.17) is 16.6 Å². The zero-order valence-corrected chi connectivity index (χ0v) is 29.7. The van der Waals surface area contributed by atoms with Gasteiger partial charge in [-0.2, -0.15) is 13.9 Å². The third kappa shape index (κ3) is 6.63. The lowest BCUT2D eigenvalue weighted by molar-refractivity contribution is -0.0409. The highest BCUT2D eigenvalue weighted by molar-refractivity contribution is 7.89. The van der Waals surface area contributed by atoms with Gasteiger partial charge in [-0.15, -0.1) is 11.3 Å². The van der Waals surface area contributed by atoms with E-state index in [2.05, 4.69) is 14.8 Å². The van der Waals surface area contributed by atoms with Crippen molar-refractivity contribution >= 4 is 44.4 Å². The molecule has 7 rings (SSSR count). The van der Waals surface area contributed by atoms with Crippen molar-refractivity contribution in [2.45, 2.75) is 81.0 Å². The summed E-state index contributed by atoms with van der Waals surface area (Å²) in [5, 5.41) is 17.5. The Morgan fingerprint density at radius 3 is 2.46 bits per heavy atom. The minimum absolute atomic E-state index is 0.0969. The second kappa shape index (κ2) is 13.5. The highest BCUT2D eigenvalue weighted by Crippen LogP contribution is 2.47. The van der Waals surface area contributed by atoms with Crippen LogP contribution < -0.4 is 4.72 Å². The van der Waals surface area contributed by atoms with Crippen LogP contribution in [-0.4, -0.2) is 57.2 Å². The van der Waals surface area contributed by atoms with Crippen LogP contribution in [-0.2, 0) is 10.0 Å². The molecule has 0 bridgehead atoms. The Morgan fingerprint density at radius 1 is 1.10 bits per heavy atom. The number of fused-ring (bicyclic) bond motifs is 1. The van der Waals surface area contributed by atoms with Gasteiger partial charge in [0.05, 0.1) is 16.2 Å². The first kappa shape index (κ1) is 34.9. The quantitative estimate of drug-likeness (QED) is 0.183. The van der Waals surface area contributed by atoms with Crippen LogP contribution in [0.15, 0.2) is 81.9 Å². The maximum Gasteiger partial charge on any atom is 0.333 e. The van der Waals surface area contributed by atoms with Crippen molar-refractivity contribution < 1.29 is 26.7 Å². The fraction of sp³-hybridized carbons (Fsp3) is 0.400. The molecule has 50 heavy (non-hydrogen) atoms. The van der Waals surface area contributed by atoms with E-state index in [1.807, 2.05) is 30.9 Å². The molecule has 264 valence electrons. The average Bonchev–Trinajstić information content (AvgIpc) is 3.86. The van der Waals surface area contributed by atoms with Crippen molar-refractivity contribution in [3.05, 3.63) is 105 Å². The Balaban J connectivity index is 1.20. The minimum atomic E-state index is -3.98. The zero-order chi connectivity index (χ0) is 35.4. The number of nitrogens with one attached hydrogen (secondary N) is 1. The molecule has 2 aromatic carbocycles. The number of sulfonamides is 1. The first-order chi connectivity index (χ1) is 23.8. The van der Waals surface area contributed by atoms with Gasteiger partial charge in [0.2, 0.25) is 10.0 Å². The summed E-state index contributed by atoms with van der Waals surface area (Å²) in [7, 11) is -3.98. The number of rotatable bonds is 9. The van der Waals surface area contributed by atoms with Gasteiger partial charge in [0.25, 0.3) is 0 Å². The van der Waals surface area contributed by atoms with Crippen LogP contribution in [0, 0.1) is 11.7 Å². The SMILES string of the molecule is CC(C)[C@]1(O)CC[C@H](c2ccc(S(=O)(=O)N[C@H]3CC4=C(c5ccn(C(F)F)n5)[C@H](c5ccc(F)cc5Cl)N=C(c5nccs5)N4C3)cc2)CC1. The molecule has 0 spiro atoms. The Kier molecular flexibility index (Phi) is 9.44. The number of nitrogens with zero attached hydrogens (tertiary/aromatic N) is 5. The Hall–Kier alpha value is -3.56. The summed E-state index contributed by atoms with van der Waals surface area (Å²) in [6, 6.07) is 10.8. The van der Waals surface area contributed by atoms with Crippen LogP contribution in [0.3, 0.4) is 0 Å². The molecule has 1 aliphatic carbocycles. The van der Waals surface area contributed by atoms with E-state index < -0.39 is 40.1 Å². The summed E-state index contributed by atoms with van der Waals surface area (Å²) >= 11 is 7.89. The van der Waals surface area contributed by atoms with E-state index in [1.165, 1.54) is 35.6 Å². The predicted molar refractivity (Wildman–Crippen MR) is 186 cm³/mol. The molecule has 9 nitrogen and oxygen atoms in total. The second-order valence-electron chi connectivity index (χ2n) is 13.4. The van der Waals surface area contributed by atoms with E-state index in [0.29, 0.717) is 45.2 Å². The van der Waals surface area contributed by atoms with Gasteiger partial charge in [-0.05, 0) is 73.4 Å². The summed E-state index contributed by atoms with van der Waals surface area (Å²) in [5.41, 5.74) is 2.11. The molecule has 4 heterocycles. The van der Waals surface area contributed by atoms with Gasteiger partial charge in [-0.25, -0.2) is 27.2 Å². The number of amidine groups is 1. The largest absolute Gasteiger partial charge is 0.390 e. The molecule has 2 fully saturated rings. The molecule has 0 amide bonds. The van der Waals surface area contributed by atoms with Crippen LogP contribution in [0.4, 0.5) is 13.2 Å². The summed E-state index contributed by atoms with van der Waals surface area (Å²) in [6.07, 6.45) is 6.05. The molecule has 2 atom stereocenters. The lowest BCUT2D eigenvalue weighted by Gasteiger charge is -2.39. The van der Waals surface area contributed by atoms with Crippen molar-refractivity contribution in [2.75, 3.05) is 6.54 Å². The van der Waals surface area contributed by atoms with Gasteiger partial charge < -0.3 is 10.0 Å². The lowest BCUT2D eigenvalue weighted by Crippen LogP contribution is -2.39. The van der Waals surface area contributed by atoms with Crippen LogP contribution in [0.1, 0.15) is 86.3 Å². The standard InChI is InChI=1S/C35H36ClF3N6O3S2/c1-20(2)35(46)12-9-22(10-13-35)21-3-6-25(7-4-21)50(47,48)43-24-18-29-30(28-11-15-45(42-28)34(38)39)31(26-8-5-23(37)17-27(26)36)41-32(44(29)19-24)33-40-14-16-49-33/h3-8,11,14-17,20,22,24,31,34,43,46H,9-10,12-13,18-19H2,1-2H3/t22-,24-,31-,35-/m0/s1. The lowest BCUT2D eigenvalue weighted by atomic mass is 9.71. The van der Waals surface area contributed by atoms with Crippen molar-refractivity contribution in [3.8, 4) is 0 Å². The first-order valence-electron chi connectivity index (χ1n) is 16.4. The third-order valence-corrected chi connectivity index (χ3v) is 12.8. The highest BCUT2D eigenvalue weighted by atomic mass is 35.5. The number of thiazole rings is 1. The zero-order valence-electron chi connectivity index (χ0n) is 27.3. The van der Waals surface area contributed by atoms with E-state index in [0.717, 1.165) is 24.6 Å². The summed E-state index contributed by atoms with van der Waals surface area (Å²) in [6.45, 7) is 1.38. The number of aliphatic hydroxyl groups is 1. The topological polar surface area (TPSA) is 113 Å². The number of hydrogen-bond donors (Lipinski definition) is 2. The molecule has 2 aromatic heterocycles. The Labute approximate surface area is 297 Å². The number of halogens is 4. The molecule has 1 saturated carbocycles. The number of alkyl halides is 2. The first-order valence-corrected chi connectivity index (χ1v) is 19.2. The molecule has 2 aliphatic heterocycles. The minimum Gasteiger partial charge on any atom is -0.390 e. The monoisotopic (exact) mass is 744 g/mol. The molecule has 0 unspecified atom stereocenters. The summed E-state index contributed by atoms with van der Waals surface area (Å²) in [4.78, 5) is 11.4. The molecule has 4 aromatic rings. The fourth-order valence-corrected chi connectivity index (χ4v) is 9.41. The van der Waals surface area contributed by atoms with Crippen molar-refractivity contribution in [3.63, 3.8) is 0 Å². The average molecular weight is 745 g/mol. The molecular formula is C35H36ClF3N6O3S2. The van der Waals surface area contributed by atoms with Crippen LogP contribution >= 0.6 is 22.9 Å². The van der Waals surface area contributed by atoms with Gasteiger partial charge in [0.15, 0.2) is 10.8 Å². The number of aliphatic imine (C=N–C) groups is 1. The molecule has 2 N–H and O–H groups in total. The summed E-state index contributed by atoms with van der Waals surface area (Å²) in [5.74, 6) is 0.335. The molecule has 1 saturated heterocycles. The van der Waals surface area contributed by atoms with Gasteiger partial charge in [0.1, 0.15) is 11.9 Å². The molecule has 0 radical (unpaired) electrons. The van der Waals surface area contributed by atoms with Gasteiger partial charge in [-0.3, -0.25) is 4.99 Å². The Bertz CT molecular complexity index is 2040. The van der Waals surface area contributed by atoms with Gasteiger partial charge >= 0.3 is 6.55 Å². The maximum atomic E-state index is 14.1. The van der Waals surface area contributed by atoms with E-state index in [9.17, 15) is 26.7 Å². The molecule has 3 aliphatic rings. The maximum absolute atomic E-state index is 14.1. The van der Waals surface area contributed by atoms with Crippen LogP contribution in [0.5, 0.6) is 0 Å². The molecule has 15 heteroatoms. The second-order valence-corrected chi connectivity index (χ2v) is 16.4. The van der Waals surface area contributed by atoms with Crippen LogP contribution in [0.25, 0.3) is 5.57 Å². The normalized spacial score (nSPS) is 24.3. The van der Waals surface area contributed by atoms with Gasteiger partial charge in [-0.1, -0.05) is 43.6 Å². The van der Waals surface area contributed by atoms with E-state index >= 15 is 0 Å².